The van der Waals surface area contributed by atoms with Crippen LogP contribution in [0.2, 0.25) is 5.02 Å². The number of nitrogens with one attached hydrogen (secondary N) is 1. The minimum absolute atomic E-state index is 0.0944. The van der Waals surface area contributed by atoms with Crippen LogP contribution in [-0.2, 0) is 11.3 Å². The number of anilines is 1. The number of nitrogens with zero attached hydrogens (tertiary/aromatic N) is 4. The molecule has 0 radical (unpaired) electrons. The van der Waals surface area contributed by atoms with Crippen LogP contribution in [0.3, 0.4) is 0 Å². The van der Waals surface area contributed by atoms with E-state index in [1.165, 1.54) is 11.9 Å². The molecule has 1 amide bonds. The van der Waals surface area contributed by atoms with Gasteiger partial charge in [0.05, 0.1) is 17.9 Å². The van der Waals surface area contributed by atoms with Crippen molar-refractivity contribution in [2.45, 2.75) is 19.9 Å². The number of hydrogen-bond donors (Lipinski definition) is 1. The summed E-state index contributed by atoms with van der Waals surface area (Å²) in [5, 5.41) is 7.64. The van der Waals surface area contributed by atoms with E-state index in [4.69, 9.17) is 11.6 Å². The molecule has 140 valence electrons. The molecule has 6 nitrogen and oxygen atoms in total. The van der Waals surface area contributed by atoms with E-state index in [1.807, 2.05) is 18.2 Å². The summed E-state index contributed by atoms with van der Waals surface area (Å²) in [5.74, 6) is -0.0944. The molecule has 1 N–H and O–H groups in total. The van der Waals surface area contributed by atoms with E-state index in [0.717, 1.165) is 25.2 Å². The Bertz CT molecular complexity index is 867. The molecule has 3 rings (SSSR count). The molecule has 0 atom stereocenters. The van der Waals surface area contributed by atoms with Gasteiger partial charge in [0.1, 0.15) is 12.7 Å². The Kier molecular flexibility index (Phi) is 6.57. The third-order valence-corrected chi connectivity index (χ3v) is 4.29. The van der Waals surface area contributed by atoms with Crippen LogP contribution in [0.5, 0.6) is 0 Å². The van der Waals surface area contributed by atoms with Crippen molar-refractivity contribution in [2.24, 2.45) is 0 Å². The predicted molar refractivity (Wildman–Crippen MR) is 107 cm³/mol. The van der Waals surface area contributed by atoms with Gasteiger partial charge in [-0.25, -0.2) is 9.67 Å². The number of halogens is 1. The first-order valence-electron chi connectivity index (χ1n) is 8.86. The number of amides is 1. The van der Waals surface area contributed by atoms with Crippen molar-refractivity contribution in [1.29, 1.82) is 0 Å². The lowest BCUT2D eigenvalue weighted by molar-refractivity contribution is -0.117. The lowest BCUT2D eigenvalue weighted by Crippen LogP contribution is -2.33. The molecule has 7 heteroatoms. The predicted octanol–water partition coefficient (Wildman–Crippen LogP) is 3.77. The largest absolute Gasteiger partial charge is 0.323 e. The zero-order valence-corrected chi connectivity index (χ0v) is 15.9. The molecule has 1 heterocycles. The zero-order valence-electron chi connectivity index (χ0n) is 15.2. The van der Waals surface area contributed by atoms with E-state index in [2.05, 4.69) is 39.4 Å². The molecule has 0 aliphatic heterocycles. The molecule has 0 spiro atoms. The molecular formula is C20H22ClN5O. The van der Waals surface area contributed by atoms with Gasteiger partial charge in [0.15, 0.2) is 0 Å². The van der Waals surface area contributed by atoms with Crippen molar-refractivity contribution >= 4 is 23.2 Å². The van der Waals surface area contributed by atoms with Gasteiger partial charge in [-0.1, -0.05) is 48.9 Å². The highest BCUT2D eigenvalue weighted by Gasteiger charge is 2.14. The monoisotopic (exact) mass is 383 g/mol. The van der Waals surface area contributed by atoms with Crippen LogP contribution in [0.25, 0.3) is 5.69 Å². The smallest absolute Gasteiger partial charge is 0.238 e. The van der Waals surface area contributed by atoms with Crippen molar-refractivity contribution < 1.29 is 4.79 Å². The van der Waals surface area contributed by atoms with E-state index in [0.29, 0.717) is 17.3 Å². The number of rotatable bonds is 8. The molecule has 0 saturated carbocycles. The van der Waals surface area contributed by atoms with Crippen molar-refractivity contribution in [1.82, 2.24) is 19.7 Å². The fourth-order valence-electron chi connectivity index (χ4n) is 2.91. The van der Waals surface area contributed by atoms with Gasteiger partial charge in [-0.3, -0.25) is 9.69 Å². The van der Waals surface area contributed by atoms with E-state index in [9.17, 15) is 4.79 Å². The average Bonchev–Trinajstić information content (AvgIpc) is 3.17. The Morgan fingerprint density at radius 2 is 2.04 bits per heavy atom. The van der Waals surface area contributed by atoms with Crippen LogP contribution in [0, 0.1) is 0 Å². The molecule has 3 aromatic rings. The van der Waals surface area contributed by atoms with E-state index >= 15 is 0 Å². The summed E-state index contributed by atoms with van der Waals surface area (Å²) in [6.45, 7) is 3.98. The van der Waals surface area contributed by atoms with Gasteiger partial charge in [0.25, 0.3) is 0 Å². The Balaban J connectivity index is 1.71. The second kappa shape index (κ2) is 9.30. The molecule has 0 saturated heterocycles. The second-order valence-corrected chi connectivity index (χ2v) is 6.68. The normalized spacial score (nSPS) is 10.9. The second-order valence-electron chi connectivity index (χ2n) is 6.25. The highest BCUT2D eigenvalue weighted by molar-refractivity contribution is 6.31. The Hall–Kier alpha value is -2.70. The number of benzene rings is 2. The number of hydrogen-bond acceptors (Lipinski definition) is 4. The molecule has 0 fully saturated rings. The highest BCUT2D eigenvalue weighted by Crippen LogP contribution is 2.24. The van der Waals surface area contributed by atoms with Gasteiger partial charge in [-0.2, -0.15) is 5.10 Å². The van der Waals surface area contributed by atoms with Gasteiger partial charge in [-0.05, 0) is 36.7 Å². The average molecular weight is 384 g/mol. The Morgan fingerprint density at radius 1 is 1.22 bits per heavy atom. The van der Waals surface area contributed by atoms with E-state index in [-0.39, 0.29) is 5.91 Å². The molecule has 0 bridgehead atoms. The minimum atomic E-state index is -0.0944. The molecule has 0 aliphatic rings. The number of carbonyl (C=O) groups is 1. The van der Waals surface area contributed by atoms with Crippen LogP contribution in [0.15, 0.2) is 61.2 Å². The third kappa shape index (κ3) is 5.39. The summed E-state index contributed by atoms with van der Waals surface area (Å²) in [4.78, 5) is 18.8. The SMILES string of the molecule is CCCN(CC(=O)Nc1cc(Cl)ccc1-n1cncn1)Cc1ccccc1. The summed E-state index contributed by atoms with van der Waals surface area (Å²) in [6.07, 6.45) is 4.00. The molecule has 0 unspecified atom stereocenters. The fourth-order valence-corrected chi connectivity index (χ4v) is 3.08. The van der Waals surface area contributed by atoms with Crippen LogP contribution in [0.1, 0.15) is 18.9 Å². The van der Waals surface area contributed by atoms with Crippen LogP contribution in [0.4, 0.5) is 5.69 Å². The molecule has 2 aromatic carbocycles. The van der Waals surface area contributed by atoms with Gasteiger partial charge in [-0.15, -0.1) is 0 Å². The van der Waals surface area contributed by atoms with Crippen molar-refractivity contribution in [3.8, 4) is 5.69 Å². The van der Waals surface area contributed by atoms with Gasteiger partial charge < -0.3 is 5.32 Å². The lowest BCUT2D eigenvalue weighted by atomic mass is 10.2. The molecule has 0 aliphatic carbocycles. The third-order valence-electron chi connectivity index (χ3n) is 4.05. The first-order valence-corrected chi connectivity index (χ1v) is 9.24. The summed E-state index contributed by atoms with van der Waals surface area (Å²) in [7, 11) is 0. The van der Waals surface area contributed by atoms with Gasteiger partial charge >= 0.3 is 0 Å². The highest BCUT2D eigenvalue weighted by atomic mass is 35.5. The first-order chi connectivity index (χ1) is 13.2. The van der Waals surface area contributed by atoms with Crippen molar-refractivity contribution in [2.75, 3.05) is 18.4 Å². The zero-order chi connectivity index (χ0) is 19.1. The first kappa shape index (κ1) is 19.1. The molecule has 27 heavy (non-hydrogen) atoms. The van der Waals surface area contributed by atoms with Crippen LogP contribution < -0.4 is 5.32 Å². The Labute approximate surface area is 163 Å². The summed E-state index contributed by atoms with van der Waals surface area (Å²) >= 11 is 6.12. The van der Waals surface area contributed by atoms with Crippen LogP contribution >= 0.6 is 11.6 Å². The minimum Gasteiger partial charge on any atom is -0.323 e. The number of carbonyl (C=O) groups excluding carboxylic acids is 1. The lowest BCUT2D eigenvalue weighted by Gasteiger charge is -2.21. The molecule has 1 aromatic heterocycles. The Morgan fingerprint density at radius 3 is 2.74 bits per heavy atom. The van der Waals surface area contributed by atoms with E-state index in [1.54, 1.807) is 29.2 Å². The van der Waals surface area contributed by atoms with Gasteiger partial charge in [0.2, 0.25) is 5.91 Å². The summed E-state index contributed by atoms with van der Waals surface area (Å²) in [5.41, 5.74) is 2.51. The standard InChI is InChI=1S/C20H22ClN5O/c1-2-10-25(12-16-6-4-3-5-7-16)13-20(27)24-18-11-17(21)8-9-19(18)26-15-22-14-23-26/h3-9,11,14-15H,2,10,12-13H2,1H3,(H,24,27). The maximum Gasteiger partial charge on any atom is 0.238 e. The fraction of sp³-hybridized carbons (Fsp3) is 0.250. The topological polar surface area (TPSA) is 63.1 Å². The summed E-state index contributed by atoms with van der Waals surface area (Å²) < 4.78 is 1.60. The van der Waals surface area contributed by atoms with Crippen LogP contribution in [-0.4, -0.2) is 38.7 Å². The molecular weight excluding hydrogens is 362 g/mol. The maximum atomic E-state index is 12.7. The van der Waals surface area contributed by atoms with Crippen molar-refractivity contribution in [3.05, 3.63) is 71.8 Å². The quantitative estimate of drug-likeness (QED) is 0.643. The van der Waals surface area contributed by atoms with Crippen molar-refractivity contribution in [3.63, 3.8) is 0 Å². The summed E-state index contributed by atoms with van der Waals surface area (Å²) in [6, 6.07) is 15.4. The number of aromatic nitrogens is 3. The maximum absolute atomic E-state index is 12.7. The van der Waals surface area contributed by atoms with Gasteiger partial charge in [0, 0.05) is 11.6 Å². The van der Waals surface area contributed by atoms with E-state index < -0.39 is 0 Å².